The number of amides is 3. The fourth-order valence-electron chi connectivity index (χ4n) is 6.15. The third-order valence-corrected chi connectivity index (χ3v) is 8.98. The molecule has 208 valence electrons. The minimum atomic E-state index is -0.379. The van der Waals surface area contributed by atoms with Crippen LogP contribution < -0.4 is 10.2 Å². The number of rotatable bonds is 6. The zero-order valence-corrected chi connectivity index (χ0v) is 23.7. The van der Waals surface area contributed by atoms with Crippen LogP contribution in [0.2, 0.25) is 0 Å². The van der Waals surface area contributed by atoms with E-state index >= 15 is 0 Å². The standard InChI is InChI=1S/C31H34N4O4S/c1-31(2)16-22(13-15-39-31)35-29(37)23-11-6-12-25(27(23)30(35)38)34-14-7-10-21(18-34)28(36)32-17-26-33-24(19-40-26)20-8-4-3-5-9-20/h3-6,8-9,11-12,19,21-22H,7,10,13-18H2,1-2H3,(H,32,36)/t21-,22-/m0/s1. The molecule has 0 bridgehead atoms. The van der Waals surface area contributed by atoms with Crippen molar-refractivity contribution in [1.82, 2.24) is 15.2 Å². The zero-order chi connectivity index (χ0) is 27.9. The number of nitrogens with zero attached hydrogens (tertiary/aromatic N) is 3. The third-order valence-electron chi connectivity index (χ3n) is 8.13. The fraction of sp³-hybridized carbons (Fsp3) is 0.419. The van der Waals surface area contributed by atoms with Crippen LogP contribution in [0, 0.1) is 5.92 Å². The van der Waals surface area contributed by atoms with Crippen molar-refractivity contribution in [1.29, 1.82) is 0 Å². The van der Waals surface area contributed by atoms with Gasteiger partial charge in [0.25, 0.3) is 11.8 Å². The lowest BCUT2D eigenvalue weighted by atomic mass is 9.93. The lowest BCUT2D eigenvalue weighted by molar-refractivity contribution is -0.125. The average Bonchev–Trinajstić information content (AvgIpc) is 3.54. The second-order valence-electron chi connectivity index (χ2n) is 11.4. The van der Waals surface area contributed by atoms with Crippen LogP contribution in [-0.2, 0) is 16.1 Å². The van der Waals surface area contributed by atoms with E-state index in [0.29, 0.717) is 43.7 Å². The van der Waals surface area contributed by atoms with Gasteiger partial charge in [-0.2, -0.15) is 0 Å². The number of thiazole rings is 1. The normalized spacial score (nSPS) is 22.4. The molecule has 9 heteroatoms. The van der Waals surface area contributed by atoms with E-state index in [1.807, 2.05) is 61.7 Å². The van der Waals surface area contributed by atoms with E-state index in [9.17, 15) is 14.4 Å². The van der Waals surface area contributed by atoms with Crippen LogP contribution in [0.15, 0.2) is 53.9 Å². The van der Waals surface area contributed by atoms with Crippen LogP contribution in [0.3, 0.4) is 0 Å². The number of aromatic nitrogens is 1. The second kappa shape index (κ2) is 10.8. The molecule has 2 fully saturated rings. The monoisotopic (exact) mass is 558 g/mol. The van der Waals surface area contributed by atoms with E-state index in [1.54, 1.807) is 6.07 Å². The van der Waals surface area contributed by atoms with Crippen molar-refractivity contribution >= 4 is 34.7 Å². The van der Waals surface area contributed by atoms with Crippen LogP contribution in [0.4, 0.5) is 5.69 Å². The number of piperidine rings is 1. The summed E-state index contributed by atoms with van der Waals surface area (Å²) in [6, 6.07) is 15.3. The first-order chi connectivity index (χ1) is 19.3. The lowest BCUT2D eigenvalue weighted by Gasteiger charge is -2.39. The highest BCUT2D eigenvalue weighted by Gasteiger charge is 2.45. The molecule has 3 amide bonds. The Morgan fingerprint density at radius 3 is 2.73 bits per heavy atom. The summed E-state index contributed by atoms with van der Waals surface area (Å²) in [5.41, 5.74) is 3.26. The first-order valence-electron chi connectivity index (χ1n) is 14.0. The van der Waals surface area contributed by atoms with E-state index in [1.165, 1.54) is 16.2 Å². The van der Waals surface area contributed by atoms with Gasteiger partial charge in [-0.3, -0.25) is 19.3 Å². The van der Waals surface area contributed by atoms with Crippen molar-refractivity contribution in [2.75, 3.05) is 24.6 Å². The van der Waals surface area contributed by atoms with Crippen molar-refractivity contribution in [2.24, 2.45) is 5.92 Å². The van der Waals surface area contributed by atoms with Gasteiger partial charge in [0, 0.05) is 36.7 Å². The van der Waals surface area contributed by atoms with Crippen molar-refractivity contribution < 1.29 is 19.1 Å². The van der Waals surface area contributed by atoms with Crippen LogP contribution in [0.25, 0.3) is 11.3 Å². The van der Waals surface area contributed by atoms with Crippen molar-refractivity contribution in [3.63, 3.8) is 0 Å². The molecule has 3 aliphatic heterocycles. The Morgan fingerprint density at radius 1 is 1.10 bits per heavy atom. The van der Waals surface area contributed by atoms with Crippen molar-refractivity contribution in [3.05, 3.63) is 70.0 Å². The number of carbonyl (C=O) groups is 3. The molecular formula is C31H34N4O4S. The third kappa shape index (κ3) is 5.15. The number of ether oxygens (including phenoxy) is 1. The molecule has 0 unspecified atom stereocenters. The van der Waals surface area contributed by atoms with Crippen molar-refractivity contribution in [2.45, 2.75) is 57.7 Å². The molecule has 3 aromatic rings. The Bertz CT molecular complexity index is 1440. The highest BCUT2D eigenvalue weighted by atomic mass is 32.1. The summed E-state index contributed by atoms with van der Waals surface area (Å²) in [4.78, 5) is 48.6. The largest absolute Gasteiger partial charge is 0.375 e. The quantitative estimate of drug-likeness (QED) is 0.433. The van der Waals surface area contributed by atoms with Crippen LogP contribution in [0.5, 0.6) is 0 Å². The van der Waals surface area contributed by atoms with E-state index in [0.717, 1.165) is 41.3 Å². The minimum Gasteiger partial charge on any atom is -0.375 e. The molecule has 0 radical (unpaired) electrons. The number of anilines is 1. The van der Waals surface area contributed by atoms with Gasteiger partial charge in [0.2, 0.25) is 5.91 Å². The number of hydrogen-bond donors (Lipinski definition) is 1. The molecule has 6 rings (SSSR count). The number of imide groups is 1. The summed E-state index contributed by atoms with van der Waals surface area (Å²) >= 11 is 1.54. The molecule has 0 aliphatic carbocycles. The molecule has 2 atom stereocenters. The van der Waals surface area contributed by atoms with Gasteiger partial charge in [0.1, 0.15) is 5.01 Å². The first-order valence-corrected chi connectivity index (χ1v) is 14.9. The number of carbonyl (C=O) groups excluding carboxylic acids is 3. The predicted octanol–water partition coefficient (Wildman–Crippen LogP) is 4.90. The lowest BCUT2D eigenvalue weighted by Crippen LogP contribution is -2.48. The van der Waals surface area contributed by atoms with E-state index in [-0.39, 0.29) is 35.3 Å². The van der Waals surface area contributed by atoms with Gasteiger partial charge in [0.15, 0.2) is 0 Å². The zero-order valence-electron chi connectivity index (χ0n) is 22.9. The van der Waals surface area contributed by atoms with E-state index in [4.69, 9.17) is 4.74 Å². The van der Waals surface area contributed by atoms with Crippen LogP contribution in [0.1, 0.15) is 65.3 Å². The Morgan fingerprint density at radius 2 is 1.93 bits per heavy atom. The summed E-state index contributed by atoms with van der Waals surface area (Å²) in [6.45, 7) is 6.14. The fourth-order valence-corrected chi connectivity index (χ4v) is 6.89. The van der Waals surface area contributed by atoms with Gasteiger partial charge in [-0.25, -0.2) is 4.98 Å². The molecule has 1 aromatic heterocycles. The van der Waals surface area contributed by atoms with Gasteiger partial charge in [-0.1, -0.05) is 36.4 Å². The highest BCUT2D eigenvalue weighted by molar-refractivity contribution is 7.09. The molecule has 8 nitrogen and oxygen atoms in total. The summed E-state index contributed by atoms with van der Waals surface area (Å²) in [5.74, 6) is -0.683. The molecule has 3 aliphatic rings. The van der Waals surface area contributed by atoms with E-state index in [2.05, 4.69) is 15.2 Å². The van der Waals surface area contributed by atoms with Gasteiger partial charge < -0.3 is 15.0 Å². The maximum Gasteiger partial charge on any atom is 0.263 e. The highest BCUT2D eigenvalue weighted by Crippen LogP contribution is 2.38. The van der Waals surface area contributed by atoms with Gasteiger partial charge in [-0.15, -0.1) is 11.3 Å². The minimum absolute atomic E-state index is 0.0118. The molecular weight excluding hydrogens is 524 g/mol. The Balaban J connectivity index is 1.14. The molecule has 2 saturated heterocycles. The second-order valence-corrected chi connectivity index (χ2v) is 12.4. The number of fused-ring (bicyclic) bond motifs is 1. The van der Waals surface area contributed by atoms with Crippen LogP contribution >= 0.6 is 11.3 Å². The van der Waals surface area contributed by atoms with Crippen LogP contribution in [-0.4, -0.2) is 58.9 Å². The summed E-state index contributed by atoms with van der Waals surface area (Å²) < 4.78 is 5.83. The number of nitrogens with one attached hydrogen (secondary N) is 1. The van der Waals surface area contributed by atoms with Crippen molar-refractivity contribution in [3.8, 4) is 11.3 Å². The molecule has 2 aromatic carbocycles. The maximum atomic E-state index is 13.7. The Hall–Kier alpha value is -3.56. The number of benzene rings is 2. The van der Waals surface area contributed by atoms with Gasteiger partial charge >= 0.3 is 0 Å². The predicted molar refractivity (Wildman–Crippen MR) is 154 cm³/mol. The number of hydrogen-bond acceptors (Lipinski definition) is 7. The smallest absolute Gasteiger partial charge is 0.263 e. The maximum absolute atomic E-state index is 13.7. The summed E-state index contributed by atoms with van der Waals surface area (Å²) in [5, 5.41) is 5.95. The summed E-state index contributed by atoms with van der Waals surface area (Å²) in [7, 11) is 0. The average molecular weight is 559 g/mol. The molecule has 4 heterocycles. The van der Waals surface area contributed by atoms with Gasteiger partial charge in [0.05, 0.1) is 40.6 Å². The van der Waals surface area contributed by atoms with E-state index < -0.39 is 0 Å². The molecule has 1 N–H and O–H groups in total. The Labute approximate surface area is 238 Å². The molecule has 0 spiro atoms. The summed E-state index contributed by atoms with van der Waals surface area (Å²) in [6.07, 6.45) is 2.87. The van der Waals surface area contributed by atoms with Gasteiger partial charge in [-0.05, 0) is 51.7 Å². The molecule has 0 saturated carbocycles. The SMILES string of the molecule is CC1(C)C[C@@H](N2C(=O)c3cccc(N4CCC[C@H](C(=O)NCc5nc(-c6ccccc6)cs5)C4)c3C2=O)CCO1. The Kier molecular flexibility index (Phi) is 7.18. The first kappa shape index (κ1) is 26.7. The topological polar surface area (TPSA) is 91.8 Å². The molecule has 40 heavy (non-hydrogen) atoms.